The molecule has 0 spiro atoms. The molecule has 0 bridgehead atoms. The normalized spacial score (nSPS) is 12.1. The van der Waals surface area contributed by atoms with Crippen molar-refractivity contribution >= 4 is 5.91 Å². The molecule has 94 valence electrons. The lowest BCUT2D eigenvalue weighted by Gasteiger charge is -2.19. The number of likely N-dealkylation sites (N-methyl/N-ethyl adjacent to an activating group) is 1. The summed E-state index contributed by atoms with van der Waals surface area (Å²) in [6.45, 7) is 1.81. The van der Waals surface area contributed by atoms with Gasteiger partial charge in [-0.15, -0.1) is 0 Å². The second-order valence-electron chi connectivity index (χ2n) is 3.88. The highest BCUT2D eigenvalue weighted by molar-refractivity contribution is 5.94. The third kappa shape index (κ3) is 3.42. The van der Waals surface area contributed by atoms with Crippen LogP contribution < -0.4 is 4.74 Å². The minimum absolute atomic E-state index is 0.0290. The standard InChI is InChI=1S/C12H16FNO3/c1-8(15)7-14(2)12(16)9-4-5-10(13)11(6-9)17-3/h4-6,8,15H,7H2,1-3H3. The zero-order valence-electron chi connectivity index (χ0n) is 10.1. The molecule has 0 aliphatic rings. The van der Waals surface area contributed by atoms with Gasteiger partial charge in [-0.1, -0.05) is 0 Å². The van der Waals surface area contributed by atoms with Crippen LogP contribution in [0, 0.1) is 5.82 Å². The van der Waals surface area contributed by atoms with Gasteiger partial charge in [0.1, 0.15) is 0 Å². The van der Waals surface area contributed by atoms with E-state index in [2.05, 4.69) is 0 Å². The highest BCUT2D eigenvalue weighted by atomic mass is 19.1. The summed E-state index contributed by atoms with van der Waals surface area (Å²) in [6.07, 6.45) is -0.605. The largest absolute Gasteiger partial charge is 0.494 e. The molecular weight excluding hydrogens is 225 g/mol. The molecule has 1 unspecified atom stereocenters. The van der Waals surface area contributed by atoms with Crippen molar-refractivity contribution in [2.24, 2.45) is 0 Å². The first-order chi connectivity index (χ1) is 7.95. The monoisotopic (exact) mass is 241 g/mol. The fraction of sp³-hybridized carbons (Fsp3) is 0.417. The molecular formula is C12H16FNO3. The zero-order chi connectivity index (χ0) is 13.0. The van der Waals surface area contributed by atoms with E-state index in [1.807, 2.05) is 0 Å². The van der Waals surface area contributed by atoms with Crippen LogP contribution in [0.3, 0.4) is 0 Å². The van der Waals surface area contributed by atoms with Crippen LogP contribution in [-0.4, -0.2) is 42.7 Å². The molecule has 4 nitrogen and oxygen atoms in total. The summed E-state index contributed by atoms with van der Waals surface area (Å²) >= 11 is 0. The topological polar surface area (TPSA) is 49.8 Å². The highest BCUT2D eigenvalue weighted by Crippen LogP contribution is 2.19. The van der Waals surface area contributed by atoms with Crippen LogP contribution in [-0.2, 0) is 0 Å². The molecule has 0 aliphatic carbocycles. The number of benzene rings is 1. The van der Waals surface area contributed by atoms with Crippen LogP contribution >= 0.6 is 0 Å². The lowest BCUT2D eigenvalue weighted by molar-refractivity contribution is 0.0703. The number of halogens is 1. The van der Waals surface area contributed by atoms with E-state index < -0.39 is 11.9 Å². The predicted molar refractivity (Wildman–Crippen MR) is 61.6 cm³/mol. The molecule has 1 aromatic carbocycles. The minimum atomic E-state index is -0.605. The fourth-order valence-corrected chi connectivity index (χ4v) is 1.49. The van der Waals surface area contributed by atoms with Crippen molar-refractivity contribution in [1.82, 2.24) is 4.90 Å². The van der Waals surface area contributed by atoms with Crippen molar-refractivity contribution in [1.29, 1.82) is 0 Å². The van der Waals surface area contributed by atoms with E-state index in [1.54, 1.807) is 14.0 Å². The predicted octanol–water partition coefficient (Wildman–Crippen LogP) is 1.29. The van der Waals surface area contributed by atoms with Crippen molar-refractivity contribution in [3.8, 4) is 5.75 Å². The van der Waals surface area contributed by atoms with E-state index in [-0.39, 0.29) is 18.2 Å². The number of carbonyl (C=O) groups is 1. The summed E-state index contributed by atoms with van der Waals surface area (Å²) in [5, 5.41) is 9.18. The number of methoxy groups -OCH3 is 1. The Morgan fingerprint density at radius 1 is 1.59 bits per heavy atom. The Morgan fingerprint density at radius 2 is 2.24 bits per heavy atom. The van der Waals surface area contributed by atoms with Crippen LogP contribution in [0.25, 0.3) is 0 Å². The van der Waals surface area contributed by atoms with Gasteiger partial charge in [-0.3, -0.25) is 4.79 Å². The fourth-order valence-electron chi connectivity index (χ4n) is 1.49. The summed E-state index contributed by atoms with van der Waals surface area (Å²) in [4.78, 5) is 13.3. The lowest BCUT2D eigenvalue weighted by Crippen LogP contribution is -2.33. The van der Waals surface area contributed by atoms with Crippen LogP contribution in [0.4, 0.5) is 4.39 Å². The van der Waals surface area contributed by atoms with Gasteiger partial charge in [0.15, 0.2) is 11.6 Å². The van der Waals surface area contributed by atoms with Gasteiger partial charge < -0.3 is 14.7 Å². The van der Waals surface area contributed by atoms with Crippen LogP contribution in [0.2, 0.25) is 0 Å². The minimum Gasteiger partial charge on any atom is -0.494 e. The molecule has 1 atom stereocenters. The molecule has 0 fully saturated rings. The molecule has 1 amide bonds. The number of aliphatic hydroxyl groups excluding tert-OH is 1. The Morgan fingerprint density at radius 3 is 2.76 bits per heavy atom. The molecule has 0 aromatic heterocycles. The average molecular weight is 241 g/mol. The Kier molecular flexibility index (Phi) is 4.45. The van der Waals surface area contributed by atoms with E-state index in [0.29, 0.717) is 5.56 Å². The van der Waals surface area contributed by atoms with Gasteiger partial charge in [0.05, 0.1) is 13.2 Å². The molecule has 0 radical (unpaired) electrons. The van der Waals surface area contributed by atoms with Crippen molar-refractivity contribution in [3.05, 3.63) is 29.6 Å². The first-order valence-corrected chi connectivity index (χ1v) is 5.22. The molecule has 0 saturated carbocycles. The number of hydrogen-bond donors (Lipinski definition) is 1. The van der Waals surface area contributed by atoms with Gasteiger partial charge in [0.2, 0.25) is 0 Å². The first-order valence-electron chi connectivity index (χ1n) is 5.22. The summed E-state index contributed by atoms with van der Waals surface area (Å²) < 4.78 is 18.0. The van der Waals surface area contributed by atoms with E-state index in [4.69, 9.17) is 4.74 Å². The van der Waals surface area contributed by atoms with E-state index in [9.17, 15) is 14.3 Å². The number of ether oxygens (including phenoxy) is 1. The average Bonchev–Trinajstić information content (AvgIpc) is 2.27. The molecule has 1 rings (SSSR count). The maximum atomic E-state index is 13.2. The zero-order valence-corrected chi connectivity index (χ0v) is 10.1. The van der Waals surface area contributed by atoms with E-state index in [0.717, 1.165) is 0 Å². The van der Waals surface area contributed by atoms with E-state index >= 15 is 0 Å². The second-order valence-corrected chi connectivity index (χ2v) is 3.88. The molecule has 1 N–H and O–H groups in total. The molecule has 17 heavy (non-hydrogen) atoms. The number of carbonyl (C=O) groups excluding carboxylic acids is 1. The Labute approximate surface area is 99.6 Å². The van der Waals surface area contributed by atoms with Gasteiger partial charge in [0.25, 0.3) is 5.91 Å². The quantitative estimate of drug-likeness (QED) is 0.864. The van der Waals surface area contributed by atoms with Crippen molar-refractivity contribution < 1.29 is 19.0 Å². The molecule has 0 saturated heterocycles. The Hall–Kier alpha value is -1.62. The highest BCUT2D eigenvalue weighted by Gasteiger charge is 2.15. The molecule has 0 aliphatic heterocycles. The third-order valence-corrected chi connectivity index (χ3v) is 2.28. The van der Waals surface area contributed by atoms with Crippen LogP contribution in [0.15, 0.2) is 18.2 Å². The Bertz CT molecular complexity index is 407. The number of rotatable bonds is 4. The van der Waals surface area contributed by atoms with Crippen molar-refractivity contribution in [2.45, 2.75) is 13.0 Å². The van der Waals surface area contributed by atoms with Crippen molar-refractivity contribution in [2.75, 3.05) is 20.7 Å². The first kappa shape index (κ1) is 13.4. The van der Waals surface area contributed by atoms with Crippen LogP contribution in [0.5, 0.6) is 5.75 Å². The van der Waals surface area contributed by atoms with Crippen molar-refractivity contribution in [3.63, 3.8) is 0 Å². The van der Waals surface area contributed by atoms with E-state index in [1.165, 1.54) is 30.2 Å². The van der Waals surface area contributed by atoms with Gasteiger partial charge in [-0.05, 0) is 25.1 Å². The van der Waals surface area contributed by atoms with Gasteiger partial charge in [-0.25, -0.2) is 4.39 Å². The SMILES string of the molecule is COc1cc(C(=O)N(C)CC(C)O)ccc1F. The molecule has 1 aromatic rings. The summed E-state index contributed by atoms with van der Waals surface area (Å²) in [5.41, 5.74) is 0.325. The maximum Gasteiger partial charge on any atom is 0.253 e. The van der Waals surface area contributed by atoms with Crippen LogP contribution in [0.1, 0.15) is 17.3 Å². The van der Waals surface area contributed by atoms with Gasteiger partial charge in [-0.2, -0.15) is 0 Å². The number of hydrogen-bond acceptors (Lipinski definition) is 3. The lowest BCUT2D eigenvalue weighted by atomic mass is 10.2. The second kappa shape index (κ2) is 5.63. The number of nitrogens with zero attached hydrogens (tertiary/aromatic N) is 1. The maximum absolute atomic E-state index is 13.2. The summed E-state index contributed by atoms with van der Waals surface area (Å²) in [5.74, 6) is -0.771. The number of aliphatic hydroxyl groups is 1. The van der Waals surface area contributed by atoms with Gasteiger partial charge >= 0.3 is 0 Å². The molecule has 5 heteroatoms. The summed E-state index contributed by atoms with van der Waals surface area (Å²) in [7, 11) is 2.91. The third-order valence-electron chi connectivity index (χ3n) is 2.28. The Balaban J connectivity index is 2.89. The molecule has 0 heterocycles. The summed E-state index contributed by atoms with van der Waals surface area (Å²) in [6, 6.07) is 3.91. The van der Waals surface area contributed by atoms with Gasteiger partial charge in [0, 0.05) is 19.2 Å². The number of amides is 1. The smallest absolute Gasteiger partial charge is 0.253 e.